The van der Waals surface area contributed by atoms with E-state index in [-0.39, 0.29) is 42.0 Å². The third kappa shape index (κ3) is 3.25. The summed E-state index contributed by atoms with van der Waals surface area (Å²) in [5.74, 6) is 0.862. The molecule has 4 heterocycles. The first-order valence-electron chi connectivity index (χ1n) is 11.5. The standard InChI is InChI=1S/C23H33N3O3/c27-15-18-17-14-25-19(9-6-10-20(25)28)21(17)26(13-16-7-2-3-8-16)22(18)23(29)24-11-4-1-5-12-24/h6,9-10,16-18,21-22,27H,1-5,7-8,11-15H2/t17-,18-,21+,22-/m1/s1. The van der Waals surface area contributed by atoms with Crippen LogP contribution in [-0.2, 0) is 11.3 Å². The minimum atomic E-state index is -0.252. The summed E-state index contributed by atoms with van der Waals surface area (Å²) in [7, 11) is 0. The summed E-state index contributed by atoms with van der Waals surface area (Å²) < 4.78 is 1.88. The predicted molar refractivity (Wildman–Crippen MR) is 110 cm³/mol. The van der Waals surface area contributed by atoms with Crippen molar-refractivity contribution >= 4 is 5.91 Å². The lowest BCUT2D eigenvalue weighted by atomic mass is 9.88. The molecule has 6 heteroatoms. The highest BCUT2D eigenvalue weighted by Gasteiger charge is 2.56. The predicted octanol–water partition coefficient (Wildman–Crippen LogP) is 2.01. The van der Waals surface area contributed by atoms with Gasteiger partial charge < -0.3 is 14.6 Å². The molecule has 3 aliphatic heterocycles. The monoisotopic (exact) mass is 399 g/mol. The molecule has 0 spiro atoms. The highest BCUT2D eigenvalue weighted by Crippen LogP contribution is 2.50. The van der Waals surface area contributed by atoms with Crippen LogP contribution in [0, 0.1) is 17.8 Å². The fraction of sp³-hybridized carbons (Fsp3) is 0.739. The number of rotatable bonds is 4. The third-order valence-corrected chi connectivity index (χ3v) is 7.93. The second-order valence-electron chi connectivity index (χ2n) is 9.53. The Bertz CT molecular complexity index is 810. The van der Waals surface area contributed by atoms with Crippen molar-refractivity contribution in [3.8, 4) is 0 Å². The molecule has 2 saturated heterocycles. The highest BCUT2D eigenvalue weighted by molar-refractivity contribution is 5.83. The number of hydrogen-bond acceptors (Lipinski definition) is 4. The summed E-state index contributed by atoms with van der Waals surface area (Å²) in [5, 5.41) is 10.4. The van der Waals surface area contributed by atoms with E-state index in [9.17, 15) is 14.7 Å². The number of nitrogens with zero attached hydrogens (tertiary/aromatic N) is 3. The normalized spacial score (nSPS) is 32.5. The maximum absolute atomic E-state index is 13.7. The van der Waals surface area contributed by atoms with Crippen LogP contribution in [0.15, 0.2) is 23.0 Å². The van der Waals surface area contributed by atoms with E-state index in [4.69, 9.17) is 0 Å². The molecule has 4 atom stereocenters. The lowest BCUT2D eigenvalue weighted by Crippen LogP contribution is -2.52. The van der Waals surface area contributed by atoms with Crippen LogP contribution >= 0.6 is 0 Å². The summed E-state index contributed by atoms with van der Waals surface area (Å²) in [6, 6.07) is 5.34. The molecule has 4 aliphatic rings. The summed E-state index contributed by atoms with van der Waals surface area (Å²) in [5.41, 5.74) is 1.07. The molecule has 1 aliphatic carbocycles. The zero-order chi connectivity index (χ0) is 20.0. The first-order chi connectivity index (χ1) is 14.2. The largest absolute Gasteiger partial charge is 0.396 e. The summed E-state index contributed by atoms with van der Waals surface area (Å²) in [4.78, 5) is 30.6. The van der Waals surface area contributed by atoms with E-state index in [0.29, 0.717) is 12.5 Å². The third-order valence-electron chi connectivity index (χ3n) is 7.93. The SMILES string of the molecule is O=C([C@H]1[C@H](CO)[C@H]2Cn3c(cccc3=O)[C@H]2N1CC1CCCC1)N1CCCCC1. The Hall–Kier alpha value is -1.66. The lowest BCUT2D eigenvalue weighted by molar-refractivity contribution is -0.139. The molecule has 5 rings (SSSR count). The van der Waals surface area contributed by atoms with E-state index in [2.05, 4.69) is 11.0 Å². The van der Waals surface area contributed by atoms with Gasteiger partial charge in [0.05, 0.1) is 12.1 Å². The van der Waals surface area contributed by atoms with Gasteiger partial charge in [-0.3, -0.25) is 14.5 Å². The molecule has 3 fully saturated rings. The first-order valence-corrected chi connectivity index (χ1v) is 11.5. The van der Waals surface area contributed by atoms with Gasteiger partial charge in [0.25, 0.3) is 5.56 Å². The van der Waals surface area contributed by atoms with Crippen LogP contribution in [0.5, 0.6) is 0 Å². The van der Waals surface area contributed by atoms with Gasteiger partial charge in [-0.2, -0.15) is 0 Å². The Morgan fingerprint density at radius 1 is 1.07 bits per heavy atom. The number of carbonyl (C=O) groups is 1. The van der Waals surface area contributed by atoms with E-state index in [1.807, 2.05) is 15.5 Å². The van der Waals surface area contributed by atoms with E-state index < -0.39 is 0 Å². The van der Waals surface area contributed by atoms with Crippen molar-refractivity contribution in [1.29, 1.82) is 0 Å². The number of amides is 1. The Kier molecular flexibility index (Phi) is 5.25. The molecule has 1 aromatic heterocycles. The molecule has 29 heavy (non-hydrogen) atoms. The van der Waals surface area contributed by atoms with Crippen LogP contribution in [0.1, 0.15) is 56.7 Å². The Morgan fingerprint density at radius 3 is 2.55 bits per heavy atom. The summed E-state index contributed by atoms with van der Waals surface area (Å²) in [6.45, 7) is 3.22. The number of aliphatic hydroxyl groups is 1. The van der Waals surface area contributed by atoms with Gasteiger partial charge in [0.1, 0.15) is 0 Å². The number of hydrogen-bond donors (Lipinski definition) is 1. The second-order valence-corrected chi connectivity index (χ2v) is 9.53. The van der Waals surface area contributed by atoms with E-state index >= 15 is 0 Å². The fourth-order valence-corrected chi connectivity index (χ4v) is 6.54. The van der Waals surface area contributed by atoms with Gasteiger partial charge in [0.15, 0.2) is 0 Å². The van der Waals surface area contributed by atoms with Crippen LogP contribution in [0.25, 0.3) is 0 Å². The van der Waals surface area contributed by atoms with E-state index in [1.54, 1.807) is 6.07 Å². The van der Waals surface area contributed by atoms with Gasteiger partial charge in [-0.25, -0.2) is 0 Å². The maximum atomic E-state index is 13.7. The van der Waals surface area contributed by atoms with Gasteiger partial charge in [-0.1, -0.05) is 18.9 Å². The molecule has 1 N–H and O–H groups in total. The molecule has 6 nitrogen and oxygen atoms in total. The average molecular weight is 400 g/mol. The van der Waals surface area contributed by atoms with Crippen LogP contribution in [-0.4, -0.2) is 57.7 Å². The van der Waals surface area contributed by atoms with Crippen LogP contribution in [0.4, 0.5) is 0 Å². The number of likely N-dealkylation sites (tertiary alicyclic amines) is 2. The first kappa shape index (κ1) is 19.3. The van der Waals surface area contributed by atoms with Crippen molar-refractivity contribution in [2.45, 2.75) is 63.6 Å². The quantitative estimate of drug-likeness (QED) is 0.841. The molecule has 1 saturated carbocycles. The Labute approximate surface area is 172 Å². The van der Waals surface area contributed by atoms with Crippen LogP contribution in [0.3, 0.4) is 0 Å². The van der Waals surface area contributed by atoms with Crippen molar-refractivity contribution < 1.29 is 9.90 Å². The molecule has 0 aromatic carbocycles. The van der Waals surface area contributed by atoms with Crippen LogP contribution < -0.4 is 5.56 Å². The summed E-state index contributed by atoms with van der Waals surface area (Å²) in [6.07, 6.45) is 8.36. The molecule has 1 aromatic rings. The van der Waals surface area contributed by atoms with Crippen molar-refractivity contribution in [1.82, 2.24) is 14.4 Å². The minimum absolute atomic E-state index is 0.00925. The van der Waals surface area contributed by atoms with Gasteiger partial charge in [-0.15, -0.1) is 0 Å². The van der Waals surface area contributed by atoms with Crippen molar-refractivity contribution in [3.05, 3.63) is 34.2 Å². The van der Waals surface area contributed by atoms with Crippen molar-refractivity contribution in [2.75, 3.05) is 26.2 Å². The number of pyridine rings is 1. The lowest BCUT2D eigenvalue weighted by Gasteiger charge is -2.37. The Morgan fingerprint density at radius 2 is 1.83 bits per heavy atom. The van der Waals surface area contributed by atoms with Gasteiger partial charge in [-0.05, 0) is 44.1 Å². The highest BCUT2D eigenvalue weighted by atomic mass is 16.3. The molecule has 1 amide bonds. The van der Waals surface area contributed by atoms with Gasteiger partial charge >= 0.3 is 0 Å². The topological polar surface area (TPSA) is 65.8 Å². The molecule has 0 bridgehead atoms. The molecule has 158 valence electrons. The number of piperidine rings is 1. The van der Waals surface area contributed by atoms with Crippen LogP contribution in [0.2, 0.25) is 0 Å². The molecule has 0 radical (unpaired) electrons. The van der Waals surface area contributed by atoms with Crippen molar-refractivity contribution in [2.24, 2.45) is 17.8 Å². The average Bonchev–Trinajstić information content (AvgIpc) is 3.45. The summed E-state index contributed by atoms with van der Waals surface area (Å²) >= 11 is 0. The van der Waals surface area contributed by atoms with Crippen molar-refractivity contribution in [3.63, 3.8) is 0 Å². The Balaban J connectivity index is 1.51. The molecular weight excluding hydrogens is 366 g/mol. The van der Waals surface area contributed by atoms with Gasteiger partial charge in [0.2, 0.25) is 5.91 Å². The smallest absolute Gasteiger partial charge is 0.250 e. The number of fused-ring (bicyclic) bond motifs is 3. The second kappa shape index (κ2) is 7.88. The van der Waals surface area contributed by atoms with E-state index in [1.165, 1.54) is 32.1 Å². The zero-order valence-corrected chi connectivity index (χ0v) is 17.2. The number of carbonyl (C=O) groups excluding carboxylic acids is 1. The fourth-order valence-electron chi connectivity index (χ4n) is 6.54. The molecule has 0 unspecified atom stereocenters. The molecular formula is C23H33N3O3. The van der Waals surface area contributed by atoms with Gasteiger partial charge in [0, 0.05) is 56.4 Å². The zero-order valence-electron chi connectivity index (χ0n) is 17.2. The minimum Gasteiger partial charge on any atom is -0.396 e. The maximum Gasteiger partial charge on any atom is 0.250 e. The number of aromatic nitrogens is 1. The number of aliphatic hydroxyl groups excluding tert-OH is 1. The van der Waals surface area contributed by atoms with E-state index in [0.717, 1.165) is 38.2 Å².